The molecule has 0 aromatic heterocycles. The van der Waals surface area contributed by atoms with Crippen molar-refractivity contribution in [2.45, 2.75) is 0 Å². The highest BCUT2D eigenvalue weighted by molar-refractivity contribution is 6.30. The summed E-state index contributed by atoms with van der Waals surface area (Å²) in [6.45, 7) is 1.64. The molecule has 3 nitrogen and oxygen atoms in total. The van der Waals surface area contributed by atoms with Gasteiger partial charge in [-0.3, -0.25) is 4.79 Å². The third kappa shape index (κ3) is 1.89. The van der Waals surface area contributed by atoms with Gasteiger partial charge in [-0.1, -0.05) is 17.7 Å². The second-order valence-electron chi connectivity index (χ2n) is 3.13. The third-order valence-electron chi connectivity index (χ3n) is 2.15. The maximum absolute atomic E-state index is 11.5. The fourth-order valence-corrected chi connectivity index (χ4v) is 1.66. The molecule has 1 fully saturated rings. The summed E-state index contributed by atoms with van der Waals surface area (Å²) in [5.74, 6) is 0.0403. The van der Waals surface area contributed by atoms with Gasteiger partial charge in [-0.25, -0.2) is 5.32 Å². The summed E-state index contributed by atoms with van der Waals surface area (Å²) < 4.78 is 0. The van der Waals surface area contributed by atoms with Crippen molar-refractivity contribution in [3.05, 3.63) is 29.3 Å². The van der Waals surface area contributed by atoms with Crippen LogP contribution < -0.4 is 10.2 Å². The van der Waals surface area contributed by atoms with Crippen LogP contribution in [0, 0.1) is 0 Å². The number of amides is 1. The Balaban J connectivity index is 2.24. The molecule has 4 heteroatoms. The Morgan fingerprint density at radius 3 is 3.00 bits per heavy atom. The van der Waals surface area contributed by atoms with Crippen molar-refractivity contribution >= 4 is 23.2 Å². The molecule has 1 aromatic rings. The molecule has 0 spiro atoms. The highest BCUT2D eigenvalue weighted by Crippen LogP contribution is 2.20. The molecule has 1 saturated heterocycles. The van der Waals surface area contributed by atoms with Crippen LogP contribution in [0.15, 0.2) is 24.3 Å². The van der Waals surface area contributed by atoms with E-state index in [9.17, 15) is 4.79 Å². The van der Waals surface area contributed by atoms with Crippen LogP contribution in [0.4, 0.5) is 5.69 Å². The van der Waals surface area contributed by atoms with E-state index in [-0.39, 0.29) is 12.5 Å². The van der Waals surface area contributed by atoms with E-state index in [1.165, 1.54) is 0 Å². The monoisotopic (exact) mass is 209 g/mol. The quantitative estimate of drug-likeness (QED) is 0.687. The Morgan fingerprint density at radius 1 is 1.43 bits per heavy atom. The highest BCUT2D eigenvalue weighted by Gasteiger charge is 2.19. The van der Waals surface area contributed by atoms with E-state index in [0.29, 0.717) is 18.1 Å². The second-order valence-corrected chi connectivity index (χ2v) is 3.57. The molecule has 0 unspecified atom stereocenters. The first kappa shape index (κ1) is 9.49. The van der Waals surface area contributed by atoms with E-state index >= 15 is 0 Å². The third-order valence-corrected chi connectivity index (χ3v) is 2.38. The molecule has 0 atom stereocenters. The summed E-state index contributed by atoms with van der Waals surface area (Å²) in [5.41, 5.74) is 0.859. The van der Waals surface area contributed by atoms with Crippen LogP contribution in [0.3, 0.4) is 0 Å². The van der Waals surface area contributed by atoms with Crippen molar-refractivity contribution in [3.8, 4) is 0 Å². The van der Waals surface area contributed by atoms with Gasteiger partial charge in [-0.2, -0.15) is 0 Å². The maximum atomic E-state index is 11.5. The van der Waals surface area contributed by atoms with E-state index < -0.39 is 0 Å². The molecule has 0 aliphatic carbocycles. The standard InChI is InChI=1S/C10H10ClN2O/c11-8-2-1-3-9(6-8)13-5-4-12-7-10(13)14/h1-3,6H,4-5,7H2. The number of benzene rings is 1. The Hall–Kier alpha value is -1.06. The van der Waals surface area contributed by atoms with Gasteiger partial charge in [0.25, 0.3) is 0 Å². The normalized spacial score (nSPS) is 17.2. The zero-order chi connectivity index (χ0) is 9.97. The predicted octanol–water partition coefficient (Wildman–Crippen LogP) is 1.29. The lowest BCUT2D eigenvalue weighted by Gasteiger charge is -2.26. The summed E-state index contributed by atoms with van der Waals surface area (Å²) in [6.07, 6.45) is 0. The molecule has 14 heavy (non-hydrogen) atoms. The van der Waals surface area contributed by atoms with Gasteiger partial charge >= 0.3 is 0 Å². The predicted molar refractivity (Wildman–Crippen MR) is 55.7 cm³/mol. The van der Waals surface area contributed by atoms with E-state index in [0.717, 1.165) is 5.69 Å². The summed E-state index contributed by atoms with van der Waals surface area (Å²) in [6, 6.07) is 7.32. The van der Waals surface area contributed by atoms with Crippen LogP contribution >= 0.6 is 11.6 Å². The van der Waals surface area contributed by atoms with Gasteiger partial charge in [0.05, 0.1) is 6.54 Å². The molecule has 73 valence electrons. The van der Waals surface area contributed by atoms with Crippen molar-refractivity contribution < 1.29 is 4.79 Å². The van der Waals surface area contributed by atoms with Crippen molar-refractivity contribution in [2.75, 3.05) is 24.5 Å². The van der Waals surface area contributed by atoms with Gasteiger partial charge in [0, 0.05) is 23.8 Å². The molecule has 1 heterocycles. The molecule has 0 bridgehead atoms. The van der Waals surface area contributed by atoms with Crippen LogP contribution in [0.2, 0.25) is 5.02 Å². The van der Waals surface area contributed by atoms with Crippen LogP contribution in [-0.4, -0.2) is 25.5 Å². The fourth-order valence-electron chi connectivity index (χ4n) is 1.47. The zero-order valence-electron chi connectivity index (χ0n) is 7.61. The first-order valence-electron chi connectivity index (χ1n) is 4.46. The van der Waals surface area contributed by atoms with Crippen LogP contribution in [-0.2, 0) is 4.79 Å². The lowest BCUT2D eigenvalue weighted by atomic mass is 10.2. The number of hydrogen-bond acceptors (Lipinski definition) is 1. The molecule has 1 aliphatic rings. The molecular weight excluding hydrogens is 200 g/mol. The lowest BCUT2D eigenvalue weighted by molar-refractivity contribution is -0.118. The molecule has 0 saturated carbocycles. The van der Waals surface area contributed by atoms with Gasteiger partial charge in [0.1, 0.15) is 0 Å². The van der Waals surface area contributed by atoms with E-state index in [4.69, 9.17) is 11.6 Å². The van der Waals surface area contributed by atoms with E-state index in [2.05, 4.69) is 5.32 Å². The first-order valence-corrected chi connectivity index (χ1v) is 4.84. The van der Waals surface area contributed by atoms with Crippen LogP contribution in [0.1, 0.15) is 0 Å². The number of halogens is 1. The largest absolute Gasteiger partial charge is 0.310 e. The minimum absolute atomic E-state index is 0.0403. The average Bonchev–Trinajstić information content (AvgIpc) is 2.18. The topological polar surface area (TPSA) is 34.4 Å². The van der Waals surface area contributed by atoms with Gasteiger partial charge in [0.15, 0.2) is 0 Å². The Labute approximate surface area is 87.7 Å². The zero-order valence-corrected chi connectivity index (χ0v) is 8.37. The fraction of sp³-hybridized carbons (Fsp3) is 0.300. The number of carbonyl (C=O) groups excluding carboxylic acids is 1. The maximum Gasteiger partial charge on any atom is 0.242 e. The SMILES string of the molecule is O=C1C[N]CCN1c1cccc(Cl)c1. The number of carbonyl (C=O) groups is 1. The summed E-state index contributed by atoms with van der Waals surface area (Å²) in [5, 5.41) is 4.68. The van der Waals surface area contributed by atoms with Gasteiger partial charge < -0.3 is 4.90 Å². The van der Waals surface area contributed by atoms with Crippen molar-refractivity contribution in [1.29, 1.82) is 0 Å². The summed E-state index contributed by atoms with van der Waals surface area (Å²) in [4.78, 5) is 13.2. The highest BCUT2D eigenvalue weighted by atomic mass is 35.5. The lowest BCUT2D eigenvalue weighted by Crippen LogP contribution is -2.45. The second kappa shape index (κ2) is 3.98. The molecule has 1 radical (unpaired) electrons. The average molecular weight is 210 g/mol. The van der Waals surface area contributed by atoms with Crippen LogP contribution in [0.25, 0.3) is 0 Å². The molecule has 1 aliphatic heterocycles. The Bertz CT molecular complexity index is 354. The van der Waals surface area contributed by atoms with Gasteiger partial charge in [-0.05, 0) is 18.2 Å². The van der Waals surface area contributed by atoms with E-state index in [1.54, 1.807) is 17.0 Å². The number of rotatable bonds is 1. The van der Waals surface area contributed by atoms with E-state index in [1.807, 2.05) is 12.1 Å². The number of nitrogens with zero attached hydrogens (tertiary/aromatic N) is 2. The van der Waals surface area contributed by atoms with Gasteiger partial charge in [0.2, 0.25) is 5.91 Å². The minimum atomic E-state index is 0.0403. The van der Waals surface area contributed by atoms with Crippen molar-refractivity contribution in [3.63, 3.8) is 0 Å². The minimum Gasteiger partial charge on any atom is -0.310 e. The Kier molecular flexibility index (Phi) is 2.70. The molecule has 1 amide bonds. The number of piperazine rings is 1. The van der Waals surface area contributed by atoms with Crippen LogP contribution in [0.5, 0.6) is 0 Å². The number of hydrogen-bond donors (Lipinski definition) is 0. The summed E-state index contributed by atoms with van der Waals surface area (Å²) in [7, 11) is 0. The molecule has 0 N–H and O–H groups in total. The molecule has 1 aromatic carbocycles. The number of anilines is 1. The Morgan fingerprint density at radius 2 is 2.29 bits per heavy atom. The molecule has 2 rings (SSSR count). The smallest absolute Gasteiger partial charge is 0.242 e. The summed E-state index contributed by atoms with van der Waals surface area (Å²) >= 11 is 5.85. The van der Waals surface area contributed by atoms with Crippen molar-refractivity contribution in [1.82, 2.24) is 5.32 Å². The first-order chi connectivity index (χ1) is 6.77. The van der Waals surface area contributed by atoms with Crippen molar-refractivity contribution in [2.24, 2.45) is 0 Å². The van der Waals surface area contributed by atoms with Gasteiger partial charge in [-0.15, -0.1) is 0 Å². The molecular formula is C10H10ClN2O.